The first-order valence-corrected chi connectivity index (χ1v) is 8.66. The fourth-order valence-electron chi connectivity index (χ4n) is 3.02. The molecule has 1 aromatic rings. The van der Waals surface area contributed by atoms with Crippen molar-refractivity contribution in [3.63, 3.8) is 0 Å². The van der Waals surface area contributed by atoms with Crippen LogP contribution in [0.4, 0.5) is 0 Å². The van der Waals surface area contributed by atoms with Crippen LogP contribution in [-0.4, -0.2) is 39.7 Å². The summed E-state index contributed by atoms with van der Waals surface area (Å²) in [5.41, 5.74) is 6.53. The average Bonchev–Trinajstić information content (AvgIpc) is 2.60. The van der Waals surface area contributed by atoms with Crippen molar-refractivity contribution in [2.75, 3.05) is 13.6 Å². The van der Waals surface area contributed by atoms with Crippen LogP contribution >= 0.6 is 15.9 Å². The molecule has 1 aliphatic heterocycles. The maximum Gasteiger partial charge on any atom is 0.221 e. The number of halogens is 1. The van der Waals surface area contributed by atoms with E-state index in [0.29, 0.717) is 17.0 Å². The fraction of sp³-hybridized carbons (Fsp3) is 0.688. The number of Topliss-reactive ketones (excluding diaryl/α,β-unsaturated/α-hetero) is 1. The van der Waals surface area contributed by atoms with Crippen molar-refractivity contribution in [1.29, 1.82) is 0 Å². The highest BCUT2D eigenvalue weighted by molar-refractivity contribution is 9.10. The maximum atomic E-state index is 12.8. The Morgan fingerprint density at radius 1 is 1.35 bits per heavy atom. The van der Waals surface area contributed by atoms with Crippen LogP contribution in [0.1, 0.15) is 49.8 Å². The van der Waals surface area contributed by atoms with E-state index in [1.807, 2.05) is 32.4 Å². The molecule has 0 bridgehead atoms. The minimum atomic E-state index is -0.505. The molecule has 0 saturated carbocycles. The number of fused-ring (bicyclic) bond motifs is 1. The molecule has 2 rings (SSSR count). The van der Waals surface area contributed by atoms with Crippen LogP contribution in [-0.2, 0) is 17.9 Å². The minimum absolute atomic E-state index is 0.0962. The van der Waals surface area contributed by atoms with Gasteiger partial charge in [-0.2, -0.15) is 0 Å². The molecule has 23 heavy (non-hydrogen) atoms. The molecule has 0 aliphatic carbocycles. The molecule has 1 amide bonds. The molecule has 2 heterocycles. The van der Waals surface area contributed by atoms with Gasteiger partial charge in [-0.05, 0) is 41.4 Å². The Kier molecular flexibility index (Phi) is 5.30. The molecule has 1 atom stereocenters. The second-order valence-electron chi connectivity index (χ2n) is 7.37. The fourth-order valence-corrected chi connectivity index (χ4v) is 3.58. The molecule has 0 unspecified atom stereocenters. The van der Waals surface area contributed by atoms with Crippen molar-refractivity contribution < 1.29 is 9.59 Å². The molecule has 6 nitrogen and oxygen atoms in total. The number of hydrogen-bond donors (Lipinski definition) is 1. The number of hydrogen-bond acceptors (Lipinski definition) is 4. The smallest absolute Gasteiger partial charge is 0.221 e. The lowest BCUT2D eigenvalue weighted by Crippen LogP contribution is -2.35. The van der Waals surface area contributed by atoms with Gasteiger partial charge in [0.1, 0.15) is 5.69 Å². The van der Waals surface area contributed by atoms with Crippen LogP contribution < -0.4 is 5.73 Å². The van der Waals surface area contributed by atoms with Gasteiger partial charge in [-0.15, -0.1) is 0 Å². The Bertz CT molecular complexity index is 618. The van der Waals surface area contributed by atoms with E-state index in [0.717, 1.165) is 25.2 Å². The van der Waals surface area contributed by atoms with Crippen LogP contribution in [0, 0.1) is 11.3 Å². The van der Waals surface area contributed by atoms with Gasteiger partial charge in [-0.25, -0.2) is 4.98 Å². The largest absolute Gasteiger partial charge is 0.369 e. The predicted octanol–water partition coefficient (Wildman–Crippen LogP) is 2.20. The van der Waals surface area contributed by atoms with Crippen LogP contribution in [0.2, 0.25) is 0 Å². The van der Waals surface area contributed by atoms with E-state index < -0.39 is 11.8 Å². The molecule has 128 valence electrons. The zero-order valence-corrected chi connectivity index (χ0v) is 15.8. The molecule has 0 spiro atoms. The first-order chi connectivity index (χ1) is 10.6. The van der Waals surface area contributed by atoms with E-state index in [4.69, 9.17) is 5.73 Å². The van der Waals surface area contributed by atoms with E-state index in [1.54, 1.807) is 0 Å². The topological polar surface area (TPSA) is 81.2 Å². The van der Waals surface area contributed by atoms with Gasteiger partial charge in [0.05, 0.1) is 5.69 Å². The Balaban J connectivity index is 2.32. The molecule has 0 saturated heterocycles. The summed E-state index contributed by atoms with van der Waals surface area (Å²) >= 11 is 3.45. The summed E-state index contributed by atoms with van der Waals surface area (Å²) in [4.78, 5) is 31.1. The second-order valence-corrected chi connectivity index (χ2v) is 8.08. The molecule has 1 aliphatic rings. The summed E-state index contributed by atoms with van der Waals surface area (Å²) in [5.74, 6) is -1.06. The van der Waals surface area contributed by atoms with Gasteiger partial charge in [0, 0.05) is 25.4 Å². The van der Waals surface area contributed by atoms with Gasteiger partial charge in [-0.1, -0.05) is 20.8 Å². The predicted molar refractivity (Wildman–Crippen MR) is 92.0 cm³/mol. The van der Waals surface area contributed by atoms with Crippen LogP contribution in [0.15, 0.2) is 4.73 Å². The summed E-state index contributed by atoms with van der Waals surface area (Å²) < 4.78 is 2.73. The quantitative estimate of drug-likeness (QED) is 0.806. The number of aromatic nitrogens is 2. The molecular formula is C16H25BrN4O2. The highest BCUT2D eigenvalue weighted by atomic mass is 79.9. The third-order valence-electron chi connectivity index (χ3n) is 4.41. The number of nitrogens with two attached hydrogens (primary N) is 1. The number of primary amides is 1. The summed E-state index contributed by atoms with van der Waals surface area (Å²) in [6, 6.07) is 0. The SMILES string of the molecule is CN1CCCn2c(Br)nc(C(=O)C[C@H](C(N)=O)C(C)(C)C)c2C1. The van der Waals surface area contributed by atoms with Crippen molar-refractivity contribution in [2.45, 2.75) is 46.7 Å². The molecular weight excluding hydrogens is 360 g/mol. The monoisotopic (exact) mass is 384 g/mol. The van der Waals surface area contributed by atoms with E-state index in [1.165, 1.54) is 0 Å². The number of nitrogens with zero attached hydrogens (tertiary/aromatic N) is 3. The van der Waals surface area contributed by atoms with Crippen LogP contribution in [0.25, 0.3) is 0 Å². The standard InChI is InChI=1S/C16H25BrN4O2/c1-16(2,3)10(14(18)23)8-12(22)13-11-9-20(4)6-5-7-21(11)15(17)19-13/h10H,5-9H2,1-4H3,(H2,18,23)/t10-/m1/s1. The first-order valence-electron chi connectivity index (χ1n) is 7.87. The van der Waals surface area contributed by atoms with Gasteiger partial charge in [0.2, 0.25) is 5.91 Å². The molecule has 2 N–H and O–H groups in total. The van der Waals surface area contributed by atoms with E-state index in [9.17, 15) is 9.59 Å². The van der Waals surface area contributed by atoms with Crippen molar-refractivity contribution in [2.24, 2.45) is 17.1 Å². The summed E-state index contributed by atoms with van der Waals surface area (Å²) in [7, 11) is 2.03. The first kappa shape index (κ1) is 18.1. The molecule has 0 aromatic carbocycles. The van der Waals surface area contributed by atoms with Crippen molar-refractivity contribution >= 4 is 27.6 Å². The summed E-state index contributed by atoms with van der Waals surface area (Å²) in [6.07, 6.45) is 1.11. The average molecular weight is 385 g/mol. The van der Waals surface area contributed by atoms with Crippen molar-refractivity contribution in [3.8, 4) is 0 Å². The van der Waals surface area contributed by atoms with Crippen molar-refractivity contribution in [3.05, 3.63) is 16.1 Å². The third-order valence-corrected chi connectivity index (χ3v) is 5.02. The van der Waals surface area contributed by atoms with E-state index in [2.05, 4.69) is 25.8 Å². The Labute approximate surface area is 145 Å². The zero-order valence-electron chi connectivity index (χ0n) is 14.2. The Morgan fingerprint density at radius 3 is 2.57 bits per heavy atom. The molecule has 1 aromatic heterocycles. The molecule has 0 radical (unpaired) electrons. The highest BCUT2D eigenvalue weighted by Crippen LogP contribution is 2.31. The summed E-state index contributed by atoms with van der Waals surface area (Å²) in [5, 5.41) is 0. The maximum absolute atomic E-state index is 12.8. The zero-order chi connectivity index (χ0) is 17.4. The number of carbonyl (C=O) groups excluding carboxylic acids is 2. The molecule has 0 fully saturated rings. The second kappa shape index (κ2) is 6.73. The lowest BCUT2D eigenvalue weighted by atomic mass is 9.77. The lowest BCUT2D eigenvalue weighted by molar-refractivity contribution is -0.124. The third kappa shape index (κ3) is 4.01. The summed E-state index contributed by atoms with van der Waals surface area (Å²) in [6.45, 7) is 8.26. The van der Waals surface area contributed by atoms with Gasteiger partial charge < -0.3 is 15.2 Å². The van der Waals surface area contributed by atoms with Gasteiger partial charge in [0.15, 0.2) is 10.5 Å². The number of rotatable bonds is 4. The highest BCUT2D eigenvalue weighted by Gasteiger charge is 2.34. The van der Waals surface area contributed by atoms with Crippen LogP contribution in [0.3, 0.4) is 0 Å². The van der Waals surface area contributed by atoms with E-state index in [-0.39, 0.29) is 17.6 Å². The number of amides is 1. The Morgan fingerprint density at radius 2 is 2.00 bits per heavy atom. The molecule has 7 heteroatoms. The normalized spacial score (nSPS) is 17.4. The number of ketones is 1. The Hall–Kier alpha value is -1.21. The number of imidazole rings is 1. The lowest BCUT2D eigenvalue weighted by Gasteiger charge is -2.27. The van der Waals surface area contributed by atoms with Crippen molar-refractivity contribution in [1.82, 2.24) is 14.5 Å². The van der Waals surface area contributed by atoms with Gasteiger partial charge in [0.25, 0.3) is 0 Å². The van der Waals surface area contributed by atoms with E-state index >= 15 is 0 Å². The van der Waals surface area contributed by atoms with Crippen LogP contribution in [0.5, 0.6) is 0 Å². The van der Waals surface area contributed by atoms with Gasteiger partial charge in [-0.3, -0.25) is 9.59 Å². The van der Waals surface area contributed by atoms with Gasteiger partial charge >= 0.3 is 0 Å². The number of carbonyl (C=O) groups is 2. The minimum Gasteiger partial charge on any atom is -0.369 e.